The molecule has 0 aromatic heterocycles. The largest absolute Gasteiger partial charge is 3.00 e. The maximum Gasteiger partial charge on any atom is 3.00 e. The van der Waals surface area contributed by atoms with Gasteiger partial charge in [-0.3, -0.25) is 0 Å². The first kappa shape index (κ1) is 29.3. The van der Waals surface area contributed by atoms with E-state index in [1.165, 1.54) is 0 Å². The minimum absolute atomic E-state index is 0. The fourth-order valence-corrected chi connectivity index (χ4v) is 0.158. The van der Waals surface area contributed by atoms with Gasteiger partial charge in [-0.05, 0) is 6.42 Å². The van der Waals surface area contributed by atoms with Gasteiger partial charge in [0.1, 0.15) is 0 Å². The Morgan fingerprint density at radius 3 is 1.17 bits per heavy atom. The van der Waals surface area contributed by atoms with Gasteiger partial charge in [0, 0.05) is 6.61 Å². The Labute approximate surface area is 99.1 Å². The zero-order chi connectivity index (χ0) is 10.1. The van der Waals surface area contributed by atoms with Crippen molar-refractivity contribution in [1.29, 1.82) is 0 Å². The number of aliphatic hydroxyl groups excluding tert-OH is 1. The summed E-state index contributed by atoms with van der Waals surface area (Å²) in [5, 5.41) is 8.07. The SMILES string of the molecule is CCCCO.[CH2-]C.[CH2-]C.[CH2-]C.[Zr+3]. The third-order valence-electron chi connectivity index (χ3n) is 0.512. The van der Waals surface area contributed by atoms with Crippen LogP contribution in [0.15, 0.2) is 0 Å². The van der Waals surface area contributed by atoms with Gasteiger partial charge in [-0.15, -0.1) is 0 Å². The normalized spacial score (nSPS) is 5.00. The smallest absolute Gasteiger partial charge is 0.396 e. The van der Waals surface area contributed by atoms with Crippen LogP contribution in [-0.4, -0.2) is 11.7 Å². The third kappa shape index (κ3) is 130. The Kier molecular flexibility index (Phi) is 230. The molecule has 0 fully saturated rings. The number of rotatable bonds is 2. The molecule has 1 N–H and O–H groups in total. The predicted molar refractivity (Wildman–Crippen MR) is 55.1 cm³/mol. The molecule has 0 saturated carbocycles. The van der Waals surface area contributed by atoms with Crippen molar-refractivity contribution < 1.29 is 31.3 Å². The summed E-state index contributed by atoms with van der Waals surface area (Å²) in [6.07, 6.45) is 2.04. The summed E-state index contributed by atoms with van der Waals surface area (Å²) in [6, 6.07) is 0. The average molecular weight is 253 g/mol. The van der Waals surface area contributed by atoms with Gasteiger partial charge < -0.3 is 25.9 Å². The quantitative estimate of drug-likeness (QED) is 0.748. The van der Waals surface area contributed by atoms with Crippen molar-refractivity contribution in [1.82, 2.24) is 0 Å². The molecular weight excluding hydrogens is 227 g/mol. The van der Waals surface area contributed by atoms with Crippen LogP contribution in [0.5, 0.6) is 0 Å². The van der Waals surface area contributed by atoms with Gasteiger partial charge in [0.15, 0.2) is 0 Å². The van der Waals surface area contributed by atoms with Crippen LogP contribution in [0.4, 0.5) is 0 Å². The molecule has 0 spiro atoms. The molecule has 0 saturated heterocycles. The fraction of sp³-hybridized carbons (Fsp3) is 0.700. The van der Waals surface area contributed by atoms with E-state index in [0.29, 0.717) is 6.61 Å². The van der Waals surface area contributed by atoms with E-state index >= 15 is 0 Å². The topological polar surface area (TPSA) is 20.2 Å². The molecule has 2 heteroatoms. The molecule has 0 amide bonds. The van der Waals surface area contributed by atoms with E-state index in [1.807, 2.05) is 0 Å². The zero-order valence-corrected chi connectivity index (χ0v) is 11.6. The molecule has 0 atom stereocenters. The first-order chi connectivity index (χ1) is 5.41. The van der Waals surface area contributed by atoms with Crippen LogP contribution in [-0.2, 0) is 26.2 Å². The van der Waals surface area contributed by atoms with Gasteiger partial charge in [-0.25, -0.2) is 0 Å². The molecule has 0 aliphatic rings. The number of hydrogen-bond acceptors (Lipinski definition) is 1. The molecule has 0 rings (SSSR count). The maximum atomic E-state index is 8.07. The summed E-state index contributed by atoms with van der Waals surface area (Å²) >= 11 is 0. The summed E-state index contributed by atoms with van der Waals surface area (Å²) in [4.78, 5) is 0. The van der Waals surface area contributed by atoms with Crippen molar-refractivity contribution in [3.63, 3.8) is 0 Å². The van der Waals surface area contributed by atoms with Gasteiger partial charge in [0.05, 0.1) is 0 Å². The van der Waals surface area contributed by atoms with Crippen LogP contribution >= 0.6 is 0 Å². The Balaban J connectivity index is -0.0000000203. The standard InChI is InChI=1S/C4H10O.3C2H5.Zr/c1-2-3-4-5;3*1-2;/h5H,2-4H2,1H3;3*1H2,2H3;/q;3*-1;+3. The van der Waals surface area contributed by atoms with Crippen molar-refractivity contribution in [3.05, 3.63) is 20.8 Å². The molecule has 0 aliphatic carbocycles. The summed E-state index contributed by atoms with van der Waals surface area (Å²) in [5.74, 6) is 0. The van der Waals surface area contributed by atoms with Gasteiger partial charge in [0.2, 0.25) is 0 Å². The van der Waals surface area contributed by atoms with E-state index in [9.17, 15) is 0 Å². The second-order valence-corrected chi connectivity index (χ2v) is 1.08. The van der Waals surface area contributed by atoms with E-state index < -0.39 is 0 Å². The van der Waals surface area contributed by atoms with Crippen molar-refractivity contribution in [2.75, 3.05) is 6.61 Å². The predicted octanol–water partition coefficient (Wildman–Crippen LogP) is 3.30. The van der Waals surface area contributed by atoms with Gasteiger partial charge >= 0.3 is 26.2 Å². The molecule has 0 unspecified atom stereocenters. The molecule has 0 aromatic rings. The summed E-state index contributed by atoms with van der Waals surface area (Å²) in [6.45, 7) is 17.4. The van der Waals surface area contributed by atoms with Crippen LogP contribution in [0.2, 0.25) is 0 Å². The summed E-state index contributed by atoms with van der Waals surface area (Å²) in [7, 11) is 0. The van der Waals surface area contributed by atoms with E-state index in [2.05, 4.69) is 27.7 Å². The van der Waals surface area contributed by atoms with Crippen molar-refractivity contribution in [2.24, 2.45) is 0 Å². The van der Waals surface area contributed by atoms with Crippen LogP contribution < -0.4 is 0 Å². The van der Waals surface area contributed by atoms with E-state index in [-0.39, 0.29) is 26.2 Å². The zero-order valence-electron chi connectivity index (χ0n) is 9.19. The van der Waals surface area contributed by atoms with Gasteiger partial charge in [-0.1, -0.05) is 13.3 Å². The van der Waals surface area contributed by atoms with Gasteiger partial charge in [0.25, 0.3) is 0 Å². The third-order valence-corrected chi connectivity index (χ3v) is 0.512. The van der Waals surface area contributed by atoms with Crippen molar-refractivity contribution in [3.8, 4) is 0 Å². The van der Waals surface area contributed by atoms with Crippen LogP contribution in [0.25, 0.3) is 0 Å². The molecule has 0 aliphatic heterocycles. The Morgan fingerprint density at radius 1 is 0.917 bits per heavy atom. The number of unbranched alkanes of at least 4 members (excludes halogenated alkanes) is 1. The first-order valence-corrected chi connectivity index (χ1v) is 4.14. The van der Waals surface area contributed by atoms with Crippen LogP contribution in [0.3, 0.4) is 0 Å². The van der Waals surface area contributed by atoms with E-state index in [0.717, 1.165) is 12.8 Å². The maximum absolute atomic E-state index is 8.07. The van der Waals surface area contributed by atoms with Crippen LogP contribution in [0, 0.1) is 20.8 Å². The molecule has 0 bridgehead atoms. The van der Waals surface area contributed by atoms with Crippen LogP contribution in [0.1, 0.15) is 40.5 Å². The minimum Gasteiger partial charge on any atom is -0.396 e. The van der Waals surface area contributed by atoms with E-state index in [1.54, 1.807) is 20.8 Å². The molecular formula is C10H25OZr. The van der Waals surface area contributed by atoms with E-state index in [4.69, 9.17) is 5.11 Å². The Hall–Kier alpha value is 0.843. The monoisotopic (exact) mass is 251 g/mol. The molecule has 1 nitrogen and oxygen atoms in total. The van der Waals surface area contributed by atoms with Gasteiger partial charge in [-0.2, -0.15) is 20.8 Å². The molecule has 1 radical (unpaired) electrons. The number of aliphatic hydroxyl groups is 1. The second kappa shape index (κ2) is 94.3. The van der Waals surface area contributed by atoms with Crippen molar-refractivity contribution >= 4 is 0 Å². The summed E-state index contributed by atoms with van der Waals surface area (Å²) < 4.78 is 0. The Bertz CT molecular complexity index is 17.3. The Morgan fingerprint density at radius 2 is 1.17 bits per heavy atom. The molecule has 0 aromatic carbocycles. The molecule has 75 valence electrons. The molecule has 12 heavy (non-hydrogen) atoms. The minimum atomic E-state index is 0. The first-order valence-electron chi connectivity index (χ1n) is 4.14. The summed E-state index contributed by atoms with van der Waals surface area (Å²) in [5.41, 5.74) is 0. The number of hydrogen-bond donors (Lipinski definition) is 1. The van der Waals surface area contributed by atoms with Crippen molar-refractivity contribution in [2.45, 2.75) is 40.5 Å². The average Bonchev–Trinajstić information content (AvgIpc) is 2.16. The molecule has 0 heterocycles. The second-order valence-electron chi connectivity index (χ2n) is 1.08. The fourth-order valence-electron chi connectivity index (χ4n) is 0.158.